The number of rotatable bonds is 7. The molecular weight excluding hydrogens is 322 g/mol. The summed E-state index contributed by atoms with van der Waals surface area (Å²) in [6.07, 6.45) is 0.667. The summed E-state index contributed by atoms with van der Waals surface area (Å²) in [7, 11) is 0. The molecule has 1 N–H and O–H groups in total. The molecule has 0 aliphatic carbocycles. The molecule has 2 aromatic rings. The Morgan fingerprint density at radius 2 is 1.76 bits per heavy atom. The highest BCUT2D eigenvalue weighted by atomic mass is 16.6. The standard InChI is InChI=1S/C19H19NO5/c1-2-25-19(22)18(15-10-6-7-11-16(15)20(23)24)17(21)13-12-14-8-4-3-5-9-14/h3-11,21H,2,12-13H2,1H3/b18-17-. The van der Waals surface area contributed by atoms with Gasteiger partial charge in [-0.05, 0) is 25.0 Å². The third kappa shape index (κ3) is 4.67. The molecule has 0 radical (unpaired) electrons. The van der Waals surface area contributed by atoms with Gasteiger partial charge in [0.1, 0.15) is 11.3 Å². The van der Waals surface area contributed by atoms with Crippen LogP contribution in [0.25, 0.3) is 5.57 Å². The van der Waals surface area contributed by atoms with Gasteiger partial charge in [0.25, 0.3) is 5.69 Å². The molecule has 0 aliphatic heterocycles. The topological polar surface area (TPSA) is 89.7 Å². The van der Waals surface area contributed by atoms with Gasteiger partial charge < -0.3 is 9.84 Å². The average molecular weight is 341 g/mol. The fourth-order valence-electron chi connectivity index (χ4n) is 2.46. The monoisotopic (exact) mass is 341 g/mol. The van der Waals surface area contributed by atoms with Gasteiger partial charge in [0.05, 0.1) is 17.1 Å². The van der Waals surface area contributed by atoms with E-state index in [1.54, 1.807) is 13.0 Å². The van der Waals surface area contributed by atoms with Crippen molar-refractivity contribution in [1.29, 1.82) is 0 Å². The number of aliphatic hydroxyl groups excluding tert-OH is 1. The number of ether oxygens (including phenoxy) is 1. The maximum atomic E-state index is 12.3. The van der Waals surface area contributed by atoms with E-state index in [0.717, 1.165) is 5.56 Å². The third-order valence-corrected chi connectivity index (χ3v) is 3.63. The predicted molar refractivity (Wildman–Crippen MR) is 94.0 cm³/mol. The Labute approximate surface area is 145 Å². The normalized spacial score (nSPS) is 11.6. The van der Waals surface area contributed by atoms with Gasteiger partial charge in [-0.1, -0.05) is 42.5 Å². The second-order valence-corrected chi connectivity index (χ2v) is 5.30. The van der Waals surface area contributed by atoms with E-state index in [4.69, 9.17) is 4.74 Å². The van der Waals surface area contributed by atoms with Crippen LogP contribution in [0, 0.1) is 10.1 Å². The van der Waals surface area contributed by atoms with Crippen LogP contribution < -0.4 is 0 Å². The molecule has 6 nitrogen and oxygen atoms in total. The van der Waals surface area contributed by atoms with Crippen molar-refractivity contribution in [2.75, 3.05) is 6.61 Å². The maximum absolute atomic E-state index is 12.3. The number of hydrogen-bond donors (Lipinski definition) is 1. The first kappa shape index (κ1) is 18.2. The average Bonchev–Trinajstić information content (AvgIpc) is 2.61. The highest BCUT2D eigenvalue weighted by Gasteiger charge is 2.26. The Bertz CT molecular complexity index is 783. The quantitative estimate of drug-likeness (QED) is 0.270. The SMILES string of the molecule is CCOC(=O)/C(=C(\O)CCc1ccccc1)c1ccccc1[N+](=O)[O-]. The minimum Gasteiger partial charge on any atom is -0.511 e. The van der Waals surface area contributed by atoms with Crippen molar-refractivity contribution in [2.24, 2.45) is 0 Å². The smallest absolute Gasteiger partial charge is 0.342 e. The van der Waals surface area contributed by atoms with E-state index < -0.39 is 10.9 Å². The molecule has 0 unspecified atom stereocenters. The lowest BCUT2D eigenvalue weighted by molar-refractivity contribution is -0.385. The molecule has 0 saturated carbocycles. The van der Waals surface area contributed by atoms with Crippen LogP contribution in [0.4, 0.5) is 5.69 Å². The maximum Gasteiger partial charge on any atom is 0.342 e. The Balaban J connectivity index is 2.41. The van der Waals surface area contributed by atoms with Gasteiger partial charge in [-0.25, -0.2) is 4.79 Å². The molecule has 2 aromatic carbocycles. The Morgan fingerprint density at radius 1 is 1.12 bits per heavy atom. The number of aliphatic hydroxyl groups is 1. The van der Waals surface area contributed by atoms with Crippen LogP contribution in [0.5, 0.6) is 0 Å². The number of aryl methyl sites for hydroxylation is 1. The minimum atomic E-state index is -0.776. The van der Waals surface area contributed by atoms with Gasteiger partial charge in [-0.3, -0.25) is 10.1 Å². The summed E-state index contributed by atoms with van der Waals surface area (Å²) in [4.78, 5) is 23.0. The van der Waals surface area contributed by atoms with Crippen LogP contribution >= 0.6 is 0 Å². The van der Waals surface area contributed by atoms with Crippen LogP contribution in [0.15, 0.2) is 60.4 Å². The fraction of sp³-hybridized carbons (Fsp3) is 0.211. The first-order valence-corrected chi connectivity index (χ1v) is 7.91. The molecule has 0 amide bonds. The summed E-state index contributed by atoms with van der Waals surface area (Å²) in [5.41, 5.74) is 0.623. The van der Waals surface area contributed by atoms with E-state index >= 15 is 0 Å². The summed E-state index contributed by atoms with van der Waals surface area (Å²) in [6, 6.07) is 15.3. The summed E-state index contributed by atoms with van der Waals surface area (Å²) in [5.74, 6) is -1.00. The van der Waals surface area contributed by atoms with Gasteiger partial charge in [-0.15, -0.1) is 0 Å². The van der Waals surface area contributed by atoms with Crippen molar-refractivity contribution in [3.63, 3.8) is 0 Å². The molecular formula is C19H19NO5. The van der Waals surface area contributed by atoms with Crippen molar-refractivity contribution in [3.8, 4) is 0 Å². The first-order chi connectivity index (χ1) is 12.0. The lowest BCUT2D eigenvalue weighted by atomic mass is 9.99. The third-order valence-electron chi connectivity index (χ3n) is 3.63. The zero-order valence-electron chi connectivity index (χ0n) is 13.8. The summed E-state index contributed by atoms with van der Waals surface area (Å²) < 4.78 is 4.99. The number of nitro groups is 1. The molecule has 0 spiro atoms. The number of allylic oxidation sites excluding steroid dienone is 1. The molecule has 0 heterocycles. The van der Waals surface area contributed by atoms with Gasteiger partial charge in [0.15, 0.2) is 0 Å². The van der Waals surface area contributed by atoms with Crippen molar-refractivity contribution in [3.05, 3.63) is 81.6 Å². The van der Waals surface area contributed by atoms with E-state index in [1.807, 2.05) is 30.3 Å². The Hall–Kier alpha value is -3.15. The second-order valence-electron chi connectivity index (χ2n) is 5.30. The predicted octanol–water partition coefficient (Wildman–Crippen LogP) is 4.06. The van der Waals surface area contributed by atoms with Crippen LogP contribution in [-0.2, 0) is 16.0 Å². The van der Waals surface area contributed by atoms with E-state index in [2.05, 4.69) is 0 Å². The molecule has 2 rings (SSSR count). The van der Waals surface area contributed by atoms with Crippen molar-refractivity contribution in [2.45, 2.75) is 19.8 Å². The summed E-state index contributed by atoms with van der Waals surface area (Å²) in [6.45, 7) is 1.74. The molecule has 0 saturated heterocycles. The number of esters is 1. The number of para-hydroxylation sites is 1. The number of carbonyl (C=O) groups is 1. The van der Waals surface area contributed by atoms with Crippen molar-refractivity contribution < 1.29 is 19.6 Å². The molecule has 0 atom stereocenters. The Morgan fingerprint density at radius 3 is 2.40 bits per heavy atom. The number of nitro benzene ring substituents is 1. The van der Waals surface area contributed by atoms with E-state index in [-0.39, 0.29) is 35.6 Å². The molecule has 25 heavy (non-hydrogen) atoms. The molecule has 130 valence electrons. The van der Waals surface area contributed by atoms with Gasteiger partial charge in [-0.2, -0.15) is 0 Å². The number of benzene rings is 2. The van der Waals surface area contributed by atoms with Gasteiger partial charge >= 0.3 is 5.97 Å². The zero-order valence-corrected chi connectivity index (χ0v) is 13.8. The molecule has 6 heteroatoms. The first-order valence-electron chi connectivity index (χ1n) is 7.91. The zero-order chi connectivity index (χ0) is 18.2. The van der Waals surface area contributed by atoms with E-state index in [0.29, 0.717) is 6.42 Å². The Kier molecular flexibility index (Phi) is 6.28. The van der Waals surface area contributed by atoms with Crippen LogP contribution in [0.3, 0.4) is 0 Å². The van der Waals surface area contributed by atoms with Crippen LogP contribution in [0.2, 0.25) is 0 Å². The van der Waals surface area contributed by atoms with E-state index in [9.17, 15) is 20.0 Å². The number of carbonyl (C=O) groups excluding carboxylic acids is 1. The minimum absolute atomic E-state index is 0.0523. The van der Waals surface area contributed by atoms with Crippen LogP contribution in [-0.4, -0.2) is 22.6 Å². The van der Waals surface area contributed by atoms with Gasteiger partial charge in [0.2, 0.25) is 0 Å². The largest absolute Gasteiger partial charge is 0.511 e. The van der Waals surface area contributed by atoms with Gasteiger partial charge in [0, 0.05) is 12.5 Å². The number of nitrogens with zero attached hydrogens (tertiary/aromatic N) is 1. The highest BCUT2D eigenvalue weighted by Crippen LogP contribution is 2.30. The lowest BCUT2D eigenvalue weighted by Crippen LogP contribution is -2.11. The molecule has 0 fully saturated rings. The molecule has 0 aromatic heterocycles. The van der Waals surface area contributed by atoms with Crippen molar-refractivity contribution >= 4 is 17.2 Å². The molecule has 0 aliphatic rings. The molecule has 0 bridgehead atoms. The van der Waals surface area contributed by atoms with Crippen LogP contribution in [0.1, 0.15) is 24.5 Å². The fourth-order valence-corrected chi connectivity index (χ4v) is 2.46. The number of hydrogen-bond acceptors (Lipinski definition) is 5. The summed E-state index contributed by atoms with van der Waals surface area (Å²) in [5, 5.41) is 21.7. The lowest BCUT2D eigenvalue weighted by Gasteiger charge is -2.11. The highest BCUT2D eigenvalue weighted by molar-refractivity contribution is 6.18. The second kappa shape index (κ2) is 8.63. The van der Waals surface area contributed by atoms with E-state index in [1.165, 1.54) is 18.2 Å². The summed E-state index contributed by atoms with van der Waals surface area (Å²) >= 11 is 0. The van der Waals surface area contributed by atoms with Crippen molar-refractivity contribution in [1.82, 2.24) is 0 Å².